The summed E-state index contributed by atoms with van der Waals surface area (Å²) in [4.78, 5) is 2.40. The van der Waals surface area contributed by atoms with E-state index in [0.717, 1.165) is 0 Å². The van der Waals surface area contributed by atoms with E-state index in [1.165, 1.54) is 55.9 Å². The van der Waals surface area contributed by atoms with Crippen LogP contribution < -0.4 is 4.90 Å². The summed E-state index contributed by atoms with van der Waals surface area (Å²) in [6.45, 7) is 9.18. The molecule has 0 fully saturated rings. The Morgan fingerprint density at radius 2 is 0.973 bits per heavy atom. The number of fused-ring (bicyclic) bond motifs is 3. The molecule has 1 heteroatoms. The summed E-state index contributed by atoms with van der Waals surface area (Å²) in [5, 5.41) is 0. The monoisotopic (exact) mass is 479 g/mol. The summed E-state index contributed by atoms with van der Waals surface area (Å²) in [6, 6.07) is 44.7. The largest absolute Gasteiger partial charge is 0.339 e. The van der Waals surface area contributed by atoms with E-state index < -0.39 is 0 Å². The highest BCUT2D eigenvalue weighted by Gasteiger charge is 2.35. The molecule has 0 unspecified atom stereocenters. The minimum Gasteiger partial charge on any atom is -0.339 e. The second kappa shape index (κ2) is 9.09. The molecular formula is C36H33N. The van der Waals surface area contributed by atoms with Crippen molar-refractivity contribution in [1.29, 1.82) is 0 Å². The molecule has 0 N–H and O–H groups in total. The molecule has 0 atom stereocenters. The maximum absolute atomic E-state index is 2.40. The lowest BCUT2D eigenvalue weighted by Gasteiger charge is -2.29. The first kappa shape index (κ1) is 23.3. The number of nitrogens with zero attached hydrogens (tertiary/aromatic N) is 1. The van der Waals surface area contributed by atoms with Gasteiger partial charge in [-0.3, -0.25) is 0 Å². The van der Waals surface area contributed by atoms with Crippen LogP contribution in [0.15, 0.2) is 121 Å². The molecule has 0 saturated heterocycles. The fourth-order valence-corrected chi connectivity index (χ4v) is 5.89. The molecule has 0 aromatic heterocycles. The summed E-state index contributed by atoms with van der Waals surface area (Å²) in [5.41, 5.74) is 13.0. The fourth-order valence-electron chi connectivity index (χ4n) is 5.89. The van der Waals surface area contributed by atoms with Gasteiger partial charge in [-0.15, -0.1) is 0 Å². The first-order chi connectivity index (χ1) is 17.9. The van der Waals surface area contributed by atoms with Crippen molar-refractivity contribution >= 4 is 11.4 Å². The molecule has 0 radical (unpaired) electrons. The Bertz CT molecular complexity index is 1540. The van der Waals surface area contributed by atoms with Gasteiger partial charge in [0.25, 0.3) is 0 Å². The average Bonchev–Trinajstić information content (AvgIpc) is 3.16. The van der Waals surface area contributed by atoms with Crippen LogP contribution in [0, 0.1) is 0 Å². The Hall–Kier alpha value is -4.10. The average molecular weight is 480 g/mol. The van der Waals surface area contributed by atoms with Crippen molar-refractivity contribution < 1.29 is 0 Å². The highest BCUT2D eigenvalue weighted by Crippen LogP contribution is 2.49. The highest BCUT2D eigenvalue weighted by molar-refractivity contribution is 5.84. The van der Waals surface area contributed by atoms with Crippen LogP contribution in [0.4, 0.5) is 11.4 Å². The van der Waals surface area contributed by atoms with Crippen molar-refractivity contribution in [3.63, 3.8) is 0 Å². The molecule has 0 aliphatic heterocycles. The predicted octanol–water partition coefficient (Wildman–Crippen LogP) is 9.87. The van der Waals surface area contributed by atoms with E-state index >= 15 is 0 Å². The van der Waals surface area contributed by atoms with E-state index in [0.29, 0.717) is 6.04 Å². The van der Waals surface area contributed by atoms with Crippen molar-refractivity contribution in [3.8, 4) is 33.4 Å². The Balaban J connectivity index is 1.30. The number of anilines is 2. The summed E-state index contributed by atoms with van der Waals surface area (Å²) >= 11 is 0. The van der Waals surface area contributed by atoms with E-state index in [2.05, 4.69) is 154 Å². The molecule has 1 aliphatic carbocycles. The maximum atomic E-state index is 2.40. The first-order valence-corrected chi connectivity index (χ1v) is 13.2. The molecule has 182 valence electrons. The van der Waals surface area contributed by atoms with Gasteiger partial charge in [0, 0.05) is 22.8 Å². The van der Waals surface area contributed by atoms with Gasteiger partial charge in [0.2, 0.25) is 0 Å². The third-order valence-electron chi connectivity index (χ3n) is 7.83. The first-order valence-electron chi connectivity index (χ1n) is 13.2. The van der Waals surface area contributed by atoms with Crippen molar-refractivity contribution in [3.05, 3.63) is 132 Å². The van der Waals surface area contributed by atoms with Gasteiger partial charge in [-0.05, 0) is 88.7 Å². The SMILES string of the molecule is CC(C)N(c1ccc(-c2ccccc2)cc1)c1ccc(-c2ccc3c(c2)C(C)(C)c2ccccc2-3)cc1. The number of hydrogen-bond acceptors (Lipinski definition) is 1. The minimum atomic E-state index is 0.0161. The van der Waals surface area contributed by atoms with Gasteiger partial charge >= 0.3 is 0 Å². The highest BCUT2D eigenvalue weighted by atomic mass is 15.2. The zero-order chi connectivity index (χ0) is 25.6. The van der Waals surface area contributed by atoms with E-state index in [1.807, 2.05) is 0 Å². The van der Waals surface area contributed by atoms with Gasteiger partial charge in [-0.25, -0.2) is 0 Å². The molecule has 0 saturated carbocycles. The lowest BCUT2D eigenvalue weighted by molar-refractivity contribution is 0.660. The Morgan fingerprint density at radius 1 is 0.486 bits per heavy atom. The summed E-state index contributed by atoms with van der Waals surface area (Å²) in [5.74, 6) is 0. The molecule has 6 rings (SSSR count). The Labute approximate surface area is 221 Å². The molecule has 0 bridgehead atoms. The second-order valence-electron chi connectivity index (χ2n) is 10.9. The molecule has 37 heavy (non-hydrogen) atoms. The van der Waals surface area contributed by atoms with Crippen LogP contribution in [0.3, 0.4) is 0 Å². The second-order valence-corrected chi connectivity index (χ2v) is 10.9. The third-order valence-corrected chi connectivity index (χ3v) is 7.83. The fraction of sp³-hybridized carbons (Fsp3) is 0.167. The molecule has 5 aromatic carbocycles. The molecular weight excluding hydrogens is 446 g/mol. The quantitative estimate of drug-likeness (QED) is 0.242. The summed E-state index contributed by atoms with van der Waals surface area (Å²) in [7, 11) is 0. The van der Waals surface area contributed by atoms with E-state index in [-0.39, 0.29) is 5.41 Å². The molecule has 0 spiro atoms. The van der Waals surface area contributed by atoms with Crippen LogP contribution in [0.25, 0.3) is 33.4 Å². The van der Waals surface area contributed by atoms with Crippen molar-refractivity contribution in [2.24, 2.45) is 0 Å². The standard InChI is InChI=1S/C36H33N/c1-25(2)37(30-19-14-27(15-20-30)26-10-6-5-7-11-26)31-21-16-28(17-22-31)29-18-23-33-32-12-8-9-13-34(32)36(3,4)35(33)24-29/h5-25H,1-4H3. The van der Waals surface area contributed by atoms with Crippen LogP contribution in [0.1, 0.15) is 38.8 Å². The summed E-state index contributed by atoms with van der Waals surface area (Å²) in [6.07, 6.45) is 0. The van der Waals surface area contributed by atoms with Gasteiger partial charge in [0.05, 0.1) is 0 Å². The Morgan fingerprint density at radius 3 is 1.59 bits per heavy atom. The van der Waals surface area contributed by atoms with Crippen LogP contribution in [0.5, 0.6) is 0 Å². The van der Waals surface area contributed by atoms with E-state index in [1.54, 1.807) is 0 Å². The minimum absolute atomic E-state index is 0.0161. The molecule has 0 heterocycles. The van der Waals surface area contributed by atoms with Gasteiger partial charge in [0.15, 0.2) is 0 Å². The molecule has 1 aliphatic rings. The van der Waals surface area contributed by atoms with E-state index in [9.17, 15) is 0 Å². The van der Waals surface area contributed by atoms with E-state index in [4.69, 9.17) is 0 Å². The van der Waals surface area contributed by atoms with Crippen LogP contribution >= 0.6 is 0 Å². The van der Waals surface area contributed by atoms with Gasteiger partial charge in [-0.1, -0.05) is 105 Å². The predicted molar refractivity (Wildman–Crippen MR) is 159 cm³/mol. The van der Waals surface area contributed by atoms with Crippen LogP contribution in [-0.4, -0.2) is 6.04 Å². The van der Waals surface area contributed by atoms with Crippen molar-refractivity contribution in [2.75, 3.05) is 4.90 Å². The number of benzene rings is 5. The topological polar surface area (TPSA) is 3.24 Å². The van der Waals surface area contributed by atoms with Gasteiger partial charge < -0.3 is 4.90 Å². The Kier molecular flexibility index (Phi) is 5.72. The van der Waals surface area contributed by atoms with Crippen molar-refractivity contribution in [1.82, 2.24) is 0 Å². The van der Waals surface area contributed by atoms with Gasteiger partial charge in [0.1, 0.15) is 0 Å². The van der Waals surface area contributed by atoms with Crippen molar-refractivity contribution in [2.45, 2.75) is 39.2 Å². The normalized spacial score (nSPS) is 13.3. The molecule has 5 aromatic rings. The van der Waals surface area contributed by atoms with Gasteiger partial charge in [-0.2, -0.15) is 0 Å². The third kappa shape index (κ3) is 4.05. The van der Waals surface area contributed by atoms with Crippen LogP contribution in [0.2, 0.25) is 0 Å². The number of rotatable bonds is 5. The molecule has 1 nitrogen and oxygen atoms in total. The molecule has 0 amide bonds. The summed E-state index contributed by atoms with van der Waals surface area (Å²) < 4.78 is 0. The smallest absolute Gasteiger partial charge is 0.0413 e. The number of hydrogen-bond donors (Lipinski definition) is 0. The zero-order valence-corrected chi connectivity index (χ0v) is 22.1. The lowest BCUT2D eigenvalue weighted by atomic mass is 9.81. The lowest BCUT2D eigenvalue weighted by Crippen LogP contribution is -2.25. The zero-order valence-electron chi connectivity index (χ0n) is 22.1. The maximum Gasteiger partial charge on any atom is 0.0413 e. The van der Waals surface area contributed by atoms with Crippen LogP contribution in [-0.2, 0) is 5.41 Å².